The highest BCUT2D eigenvalue weighted by atomic mass is 19.4. The molecule has 0 amide bonds. The van der Waals surface area contributed by atoms with E-state index in [0.717, 1.165) is 30.3 Å². The molecule has 2 atom stereocenters. The van der Waals surface area contributed by atoms with E-state index < -0.39 is 24.3 Å². The summed E-state index contributed by atoms with van der Waals surface area (Å²) in [5.41, 5.74) is 1.40. The Balaban J connectivity index is 0.000000362. The number of carboxylic acid groups (broad SMARTS) is 2. The van der Waals surface area contributed by atoms with Crippen LogP contribution in [0.3, 0.4) is 0 Å². The largest absolute Gasteiger partial charge is 0.497 e. The summed E-state index contributed by atoms with van der Waals surface area (Å²) in [4.78, 5) is 23.2. The number of nitrogens with zero attached hydrogens (tertiary/aromatic N) is 2. The predicted octanol–water partition coefficient (Wildman–Crippen LogP) is 4.27. The molecule has 0 spiro atoms. The van der Waals surface area contributed by atoms with Crippen LogP contribution in [-0.4, -0.2) is 83.1 Å². The molecule has 0 aromatic heterocycles. The summed E-state index contributed by atoms with van der Waals surface area (Å²) in [5.74, 6) is -3.79. The van der Waals surface area contributed by atoms with Gasteiger partial charge < -0.3 is 14.9 Å². The van der Waals surface area contributed by atoms with Gasteiger partial charge in [0.2, 0.25) is 0 Å². The molecular formula is C22H30F6N2O5. The summed E-state index contributed by atoms with van der Waals surface area (Å²) in [5, 5.41) is 14.2. The summed E-state index contributed by atoms with van der Waals surface area (Å²) < 4.78 is 68.7. The fourth-order valence-corrected chi connectivity index (χ4v) is 4.02. The number of aliphatic carboxylic acids is 2. The number of ether oxygens (including phenoxy) is 1. The van der Waals surface area contributed by atoms with Crippen LogP contribution in [0, 0.1) is 5.92 Å². The molecule has 0 radical (unpaired) electrons. The number of benzene rings is 1. The van der Waals surface area contributed by atoms with E-state index in [1.165, 1.54) is 38.0 Å². The molecule has 0 saturated carbocycles. The van der Waals surface area contributed by atoms with Crippen molar-refractivity contribution in [3.63, 3.8) is 0 Å². The molecule has 3 rings (SSSR count). The molecule has 0 aliphatic carbocycles. The zero-order valence-corrected chi connectivity index (χ0v) is 19.6. The van der Waals surface area contributed by atoms with E-state index in [9.17, 15) is 26.3 Å². The number of alkyl halides is 6. The summed E-state index contributed by atoms with van der Waals surface area (Å²) in [6, 6.07) is 10.1. The second-order valence-corrected chi connectivity index (χ2v) is 8.53. The maximum Gasteiger partial charge on any atom is 0.490 e. The lowest BCUT2D eigenvalue weighted by Gasteiger charge is -2.26. The SMILES string of the molecule is COc1ccc(CN2CC[C@H]3[C@H]2CCN3CC(C)C)cc1.O=C(O)C(F)(F)F.O=C(O)C(F)(F)F. The number of hydrogen-bond acceptors (Lipinski definition) is 5. The van der Waals surface area contributed by atoms with Crippen molar-refractivity contribution in [2.45, 2.75) is 57.7 Å². The molecule has 2 fully saturated rings. The molecule has 0 bridgehead atoms. The number of halogens is 6. The Morgan fingerprint density at radius 1 is 0.914 bits per heavy atom. The van der Waals surface area contributed by atoms with Gasteiger partial charge in [0.15, 0.2) is 0 Å². The van der Waals surface area contributed by atoms with Gasteiger partial charge in [-0.05, 0) is 36.5 Å². The Morgan fingerprint density at radius 3 is 1.69 bits per heavy atom. The average molecular weight is 516 g/mol. The van der Waals surface area contributed by atoms with Crippen LogP contribution >= 0.6 is 0 Å². The van der Waals surface area contributed by atoms with E-state index in [2.05, 4.69) is 47.9 Å². The van der Waals surface area contributed by atoms with Gasteiger partial charge in [0.1, 0.15) is 5.75 Å². The molecule has 1 aromatic rings. The molecule has 2 aliphatic heterocycles. The number of carboxylic acids is 2. The van der Waals surface area contributed by atoms with E-state index in [1.54, 1.807) is 7.11 Å². The second kappa shape index (κ2) is 13.0. The first kappa shape index (κ1) is 30.5. The van der Waals surface area contributed by atoms with Gasteiger partial charge in [-0.3, -0.25) is 9.80 Å². The van der Waals surface area contributed by atoms with Crippen LogP contribution in [0.1, 0.15) is 32.3 Å². The van der Waals surface area contributed by atoms with Crippen molar-refractivity contribution in [1.29, 1.82) is 0 Å². The molecule has 200 valence electrons. The van der Waals surface area contributed by atoms with Crippen molar-refractivity contribution in [3.8, 4) is 5.75 Å². The minimum atomic E-state index is -5.08. The highest BCUT2D eigenvalue weighted by Gasteiger charge is 2.42. The molecule has 2 N–H and O–H groups in total. The van der Waals surface area contributed by atoms with Crippen molar-refractivity contribution in [2.75, 3.05) is 26.7 Å². The lowest BCUT2D eigenvalue weighted by Crippen LogP contribution is -2.37. The first-order valence-electron chi connectivity index (χ1n) is 10.8. The first-order chi connectivity index (χ1) is 16.1. The van der Waals surface area contributed by atoms with Gasteiger partial charge in [-0.2, -0.15) is 26.3 Å². The van der Waals surface area contributed by atoms with Crippen molar-refractivity contribution in [3.05, 3.63) is 29.8 Å². The number of rotatable bonds is 5. The molecule has 7 nitrogen and oxygen atoms in total. The van der Waals surface area contributed by atoms with Gasteiger partial charge in [0.25, 0.3) is 0 Å². The molecule has 2 aliphatic rings. The first-order valence-corrected chi connectivity index (χ1v) is 10.8. The molecule has 0 unspecified atom stereocenters. The van der Waals surface area contributed by atoms with E-state index in [0.29, 0.717) is 0 Å². The summed E-state index contributed by atoms with van der Waals surface area (Å²) in [6.07, 6.45) is -7.49. The lowest BCUT2D eigenvalue weighted by molar-refractivity contribution is -0.193. The Hall–Kier alpha value is -2.54. The highest BCUT2D eigenvalue weighted by molar-refractivity contribution is 5.73. The highest BCUT2D eigenvalue weighted by Crippen LogP contribution is 2.33. The quantitative estimate of drug-likeness (QED) is 0.565. The maximum atomic E-state index is 10.6. The van der Waals surface area contributed by atoms with Gasteiger partial charge in [0.05, 0.1) is 7.11 Å². The maximum absolute atomic E-state index is 10.6. The molecule has 35 heavy (non-hydrogen) atoms. The third kappa shape index (κ3) is 10.3. The van der Waals surface area contributed by atoms with Crippen LogP contribution in [-0.2, 0) is 16.1 Å². The number of carbonyl (C=O) groups is 2. The molecule has 13 heteroatoms. The van der Waals surface area contributed by atoms with Crippen LogP contribution in [0.5, 0.6) is 5.75 Å². The number of methoxy groups -OCH3 is 1. The van der Waals surface area contributed by atoms with Crippen molar-refractivity contribution in [2.24, 2.45) is 5.92 Å². The zero-order valence-electron chi connectivity index (χ0n) is 19.6. The van der Waals surface area contributed by atoms with E-state index in [1.807, 2.05) is 0 Å². The van der Waals surface area contributed by atoms with Crippen LogP contribution in [0.25, 0.3) is 0 Å². The summed E-state index contributed by atoms with van der Waals surface area (Å²) in [6.45, 7) is 9.54. The van der Waals surface area contributed by atoms with Crippen molar-refractivity contribution < 1.29 is 50.9 Å². The second-order valence-electron chi connectivity index (χ2n) is 8.53. The molecule has 2 heterocycles. The molecule has 2 saturated heterocycles. The zero-order chi connectivity index (χ0) is 27.0. The Kier molecular flexibility index (Phi) is 11.3. The fraction of sp³-hybridized carbons (Fsp3) is 0.636. The molecule has 1 aromatic carbocycles. The standard InChI is InChI=1S/C18H28N2O.2C2HF3O2/c1-14(2)12-19-10-8-18-17(19)9-11-20(18)13-15-4-6-16(21-3)7-5-15;2*3-2(4,5)1(6)7/h4-7,14,17-18H,8-13H2,1-3H3;2*(H,6,7)/t17-,18+;;/m0../s1. The van der Waals surface area contributed by atoms with Crippen molar-refractivity contribution >= 4 is 11.9 Å². The van der Waals surface area contributed by atoms with E-state index in [4.69, 9.17) is 24.5 Å². The number of fused-ring (bicyclic) bond motifs is 1. The minimum absolute atomic E-state index is 0.769. The monoisotopic (exact) mass is 516 g/mol. The van der Waals surface area contributed by atoms with Gasteiger partial charge in [-0.15, -0.1) is 0 Å². The van der Waals surface area contributed by atoms with Gasteiger partial charge in [0, 0.05) is 38.3 Å². The lowest BCUT2D eigenvalue weighted by atomic mass is 10.1. The predicted molar refractivity (Wildman–Crippen MR) is 114 cm³/mol. The van der Waals surface area contributed by atoms with E-state index >= 15 is 0 Å². The van der Waals surface area contributed by atoms with Gasteiger partial charge in [-0.25, -0.2) is 9.59 Å². The topological polar surface area (TPSA) is 90.3 Å². The Morgan fingerprint density at radius 2 is 1.31 bits per heavy atom. The fourth-order valence-electron chi connectivity index (χ4n) is 4.02. The third-order valence-electron chi connectivity index (χ3n) is 5.44. The van der Waals surface area contributed by atoms with Crippen LogP contribution in [0.4, 0.5) is 26.3 Å². The molecular weight excluding hydrogens is 486 g/mol. The van der Waals surface area contributed by atoms with E-state index in [-0.39, 0.29) is 0 Å². The summed E-state index contributed by atoms with van der Waals surface area (Å²) in [7, 11) is 1.72. The Bertz CT molecular complexity index is 790. The third-order valence-corrected chi connectivity index (χ3v) is 5.44. The number of hydrogen-bond donors (Lipinski definition) is 2. The van der Waals surface area contributed by atoms with Gasteiger partial charge in [-0.1, -0.05) is 26.0 Å². The minimum Gasteiger partial charge on any atom is -0.497 e. The summed E-state index contributed by atoms with van der Waals surface area (Å²) >= 11 is 0. The van der Waals surface area contributed by atoms with Crippen LogP contribution in [0.2, 0.25) is 0 Å². The normalized spacial score (nSPS) is 20.4. The Labute approximate surface area is 199 Å². The van der Waals surface area contributed by atoms with Crippen molar-refractivity contribution in [1.82, 2.24) is 9.80 Å². The van der Waals surface area contributed by atoms with Crippen LogP contribution < -0.4 is 4.74 Å². The number of likely N-dealkylation sites (tertiary alicyclic amines) is 2. The smallest absolute Gasteiger partial charge is 0.490 e. The average Bonchev–Trinajstić information content (AvgIpc) is 3.31. The van der Waals surface area contributed by atoms with Crippen LogP contribution in [0.15, 0.2) is 24.3 Å². The van der Waals surface area contributed by atoms with Gasteiger partial charge >= 0.3 is 24.3 Å².